The average Bonchev–Trinajstić information content (AvgIpc) is 2.58. The lowest BCUT2D eigenvalue weighted by atomic mass is 9.95. The molecule has 0 bridgehead atoms. The van der Waals surface area contributed by atoms with Gasteiger partial charge in [0.15, 0.2) is 0 Å². The first-order valence-electron chi connectivity index (χ1n) is 5.04. The smallest absolute Gasteiger partial charge is 0.0548 e. The van der Waals surface area contributed by atoms with E-state index in [9.17, 15) is 0 Å². The maximum Gasteiger partial charge on any atom is 0.0548 e. The summed E-state index contributed by atoms with van der Waals surface area (Å²) in [5.41, 5.74) is 1.31. The van der Waals surface area contributed by atoms with Gasteiger partial charge in [-0.05, 0) is 25.7 Å². The van der Waals surface area contributed by atoms with Crippen molar-refractivity contribution in [2.45, 2.75) is 45.1 Å². The van der Waals surface area contributed by atoms with Gasteiger partial charge in [0, 0.05) is 19.2 Å². The second kappa shape index (κ2) is 3.08. The van der Waals surface area contributed by atoms with Crippen LogP contribution in [0.15, 0.2) is 5.10 Å². The lowest BCUT2D eigenvalue weighted by molar-refractivity contribution is 0.209. The van der Waals surface area contributed by atoms with E-state index in [1.165, 1.54) is 37.8 Å². The van der Waals surface area contributed by atoms with E-state index in [4.69, 9.17) is 0 Å². The highest BCUT2D eigenvalue weighted by Gasteiger charge is 2.31. The second-order valence-electron chi connectivity index (χ2n) is 4.22. The third-order valence-corrected chi connectivity index (χ3v) is 3.26. The minimum Gasteiger partial charge on any atom is -0.296 e. The Morgan fingerprint density at radius 3 is 2.50 bits per heavy atom. The van der Waals surface area contributed by atoms with Crippen LogP contribution in [0.3, 0.4) is 0 Å². The van der Waals surface area contributed by atoms with Crippen LogP contribution in [0.5, 0.6) is 0 Å². The van der Waals surface area contributed by atoms with Crippen molar-refractivity contribution in [3.8, 4) is 0 Å². The molecular formula is C10H18N2. The van der Waals surface area contributed by atoms with Crippen LogP contribution < -0.4 is 0 Å². The van der Waals surface area contributed by atoms with Crippen LogP contribution in [0, 0.1) is 5.92 Å². The Morgan fingerprint density at radius 2 is 2.00 bits per heavy atom. The largest absolute Gasteiger partial charge is 0.296 e. The summed E-state index contributed by atoms with van der Waals surface area (Å²) in [6.45, 7) is 2.14. The molecule has 0 N–H and O–H groups in total. The van der Waals surface area contributed by atoms with Crippen molar-refractivity contribution in [1.29, 1.82) is 0 Å². The van der Waals surface area contributed by atoms with E-state index in [0.717, 1.165) is 12.0 Å². The molecule has 0 aromatic rings. The first-order valence-corrected chi connectivity index (χ1v) is 5.04. The Kier molecular flexibility index (Phi) is 2.07. The van der Waals surface area contributed by atoms with Crippen molar-refractivity contribution in [3.05, 3.63) is 0 Å². The van der Waals surface area contributed by atoms with Crippen molar-refractivity contribution in [1.82, 2.24) is 5.01 Å². The maximum atomic E-state index is 4.46. The summed E-state index contributed by atoms with van der Waals surface area (Å²) in [6, 6.07) is 0.729. The monoisotopic (exact) mass is 166 g/mol. The zero-order valence-electron chi connectivity index (χ0n) is 8.08. The van der Waals surface area contributed by atoms with E-state index in [1.807, 2.05) is 0 Å². The standard InChI is InChI=1S/C10H18N2/c1-8-7-10(12(2)11-8)9-5-3-4-6-9/h9-10H,3-7H2,1-2H3. The van der Waals surface area contributed by atoms with Crippen LogP contribution in [0.4, 0.5) is 0 Å². The van der Waals surface area contributed by atoms with E-state index < -0.39 is 0 Å². The summed E-state index contributed by atoms with van der Waals surface area (Å²) in [7, 11) is 2.12. The molecule has 0 aromatic heterocycles. The van der Waals surface area contributed by atoms with Crippen molar-refractivity contribution in [2.24, 2.45) is 11.0 Å². The zero-order chi connectivity index (χ0) is 8.55. The molecule has 1 aliphatic carbocycles. The molecule has 0 spiro atoms. The molecule has 1 fully saturated rings. The third kappa shape index (κ3) is 1.35. The summed E-state index contributed by atoms with van der Waals surface area (Å²) >= 11 is 0. The Morgan fingerprint density at radius 1 is 1.33 bits per heavy atom. The highest BCUT2D eigenvalue weighted by Crippen LogP contribution is 2.33. The Bertz CT molecular complexity index is 192. The van der Waals surface area contributed by atoms with Gasteiger partial charge < -0.3 is 0 Å². The Hall–Kier alpha value is -0.530. The van der Waals surface area contributed by atoms with Gasteiger partial charge in [0.05, 0.1) is 6.04 Å². The summed E-state index contributed by atoms with van der Waals surface area (Å²) < 4.78 is 0. The fraction of sp³-hybridized carbons (Fsp3) is 0.900. The average molecular weight is 166 g/mol. The first kappa shape index (κ1) is 8.09. The fourth-order valence-corrected chi connectivity index (χ4v) is 2.63. The van der Waals surface area contributed by atoms with Crippen LogP contribution >= 0.6 is 0 Å². The van der Waals surface area contributed by atoms with Gasteiger partial charge in [-0.25, -0.2) is 0 Å². The van der Waals surface area contributed by atoms with Gasteiger partial charge in [-0.15, -0.1) is 0 Å². The minimum absolute atomic E-state index is 0.729. The number of rotatable bonds is 1. The lowest BCUT2D eigenvalue weighted by Crippen LogP contribution is -2.29. The highest BCUT2D eigenvalue weighted by atomic mass is 15.5. The van der Waals surface area contributed by atoms with Gasteiger partial charge in [-0.3, -0.25) is 5.01 Å². The molecule has 0 aromatic carbocycles. The van der Waals surface area contributed by atoms with Crippen molar-refractivity contribution >= 4 is 5.71 Å². The van der Waals surface area contributed by atoms with E-state index >= 15 is 0 Å². The molecule has 12 heavy (non-hydrogen) atoms. The van der Waals surface area contributed by atoms with Crippen molar-refractivity contribution in [2.75, 3.05) is 7.05 Å². The molecule has 0 amide bonds. The number of hydrazone groups is 1. The molecule has 1 saturated carbocycles. The van der Waals surface area contributed by atoms with Gasteiger partial charge in [-0.2, -0.15) is 5.10 Å². The lowest BCUT2D eigenvalue weighted by Gasteiger charge is -2.24. The molecule has 1 unspecified atom stereocenters. The normalized spacial score (nSPS) is 31.3. The molecule has 68 valence electrons. The first-order chi connectivity index (χ1) is 5.77. The van der Waals surface area contributed by atoms with Gasteiger partial charge in [0.25, 0.3) is 0 Å². The maximum absolute atomic E-state index is 4.46. The molecule has 0 saturated heterocycles. The van der Waals surface area contributed by atoms with Gasteiger partial charge in [0.1, 0.15) is 0 Å². The van der Waals surface area contributed by atoms with Gasteiger partial charge in [-0.1, -0.05) is 12.8 Å². The molecule has 1 heterocycles. The quantitative estimate of drug-likeness (QED) is 0.583. The van der Waals surface area contributed by atoms with E-state index in [-0.39, 0.29) is 0 Å². The minimum atomic E-state index is 0.729. The molecule has 2 rings (SSSR count). The van der Waals surface area contributed by atoms with Crippen LogP contribution in [-0.2, 0) is 0 Å². The van der Waals surface area contributed by atoms with Crippen LogP contribution in [0.25, 0.3) is 0 Å². The number of hydrogen-bond donors (Lipinski definition) is 0. The Balaban J connectivity index is 1.97. The second-order valence-corrected chi connectivity index (χ2v) is 4.22. The molecule has 2 aliphatic rings. The van der Waals surface area contributed by atoms with Crippen molar-refractivity contribution in [3.63, 3.8) is 0 Å². The molecule has 2 nitrogen and oxygen atoms in total. The van der Waals surface area contributed by atoms with E-state index in [2.05, 4.69) is 24.1 Å². The third-order valence-electron chi connectivity index (χ3n) is 3.26. The SMILES string of the molecule is CC1=NN(C)C(C2CCCC2)C1. The molecule has 2 heteroatoms. The van der Waals surface area contributed by atoms with Crippen molar-refractivity contribution < 1.29 is 0 Å². The van der Waals surface area contributed by atoms with Crippen LogP contribution in [0.1, 0.15) is 39.0 Å². The topological polar surface area (TPSA) is 15.6 Å². The Labute approximate surface area is 74.6 Å². The predicted molar refractivity (Wildman–Crippen MR) is 51.2 cm³/mol. The molecule has 0 radical (unpaired) electrons. The summed E-state index contributed by atoms with van der Waals surface area (Å²) in [5, 5.41) is 6.65. The molecular weight excluding hydrogens is 148 g/mol. The van der Waals surface area contributed by atoms with Crippen LogP contribution in [0.2, 0.25) is 0 Å². The highest BCUT2D eigenvalue weighted by molar-refractivity contribution is 5.83. The van der Waals surface area contributed by atoms with Crippen LogP contribution in [-0.4, -0.2) is 23.8 Å². The fourth-order valence-electron chi connectivity index (χ4n) is 2.63. The number of nitrogens with zero attached hydrogens (tertiary/aromatic N) is 2. The summed E-state index contributed by atoms with van der Waals surface area (Å²) in [5.74, 6) is 0.927. The summed E-state index contributed by atoms with van der Waals surface area (Å²) in [4.78, 5) is 0. The van der Waals surface area contributed by atoms with E-state index in [1.54, 1.807) is 0 Å². The van der Waals surface area contributed by atoms with E-state index in [0.29, 0.717) is 0 Å². The van der Waals surface area contributed by atoms with Gasteiger partial charge >= 0.3 is 0 Å². The molecule has 1 aliphatic heterocycles. The zero-order valence-corrected chi connectivity index (χ0v) is 8.08. The molecule has 1 atom stereocenters. The number of hydrogen-bond acceptors (Lipinski definition) is 2. The van der Waals surface area contributed by atoms with Gasteiger partial charge in [0.2, 0.25) is 0 Å². The summed E-state index contributed by atoms with van der Waals surface area (Å²) in [6.07, 6.45) is 6.94. The predicted octanol–water partition coefficient (Wildman–Crippen LogP) is 2.26.